The third-order valence-electron chi connectivity index (χ3n) is 3.08. The van der Waals surface area contributed by atoms with Crippen LogP contribution in [0.3, 0.4) is 0 Å². The number of carbonyl (C=O) groups is 1. The minimum atomic E-state index is -1.08. The van der Waals surface area contributed by atoms with E-state index in [-0.39, 0.29) is 24.7 Å². The maximum atomic E-state index is 10.8. The Labute approximate surface area is 89.0 Å². The molecule has 1 aliphatic carbocycles. The summed E-state index contributed by atoms with van der Waals surface area (Å²) in [7, 11) is 3.06. The Balaban J connectivity index is 2.73. The van der Waals surface area contributed by atoms with Crippen molar-refractivity contribution in [2.24, 2.45) is 11.8 Å². The molecule has 0 aromatic carbocycles. The van der Waals surface area contributed by atoms with Crippen molar-refractivity contribution < 1.29 is 24.5 Å². The number of ether oxygens (including phenoxy) is 2. The summed E-state index contributed by atoms with van der Waals surface area (Å²) in [5, 5.41) is 19.9. The highest BCUT2D eigenvalue weighted by Crippen LogP contribution is 2.32. The van der Waals surface area contributed by atoms with E-state index in [1.54, 1.807) is 7.11 Å². The molecular formula is C10H17O5-. The predicted octanol–water partition coefficient (Wildman–Crippen LogP) is -1.22. The van der Waals surface area contributed by atoms with Crippen LogP contribution < -0.4 is 5.11 Å². The van der Waals surface area contributed by atoms with Gasteiger partial charge in [0.15, 0.2) is 0 Å². The fourth-order valence-electron chi connectivity index (χ4n) is 2.26. The number of hydrogen-bond acceptors (Lipinski definition) is 5. The van der Waals surface area contributed by atoms with E-state index in [1.807, 2.05) is 0 Å². The highest BCUT2D eigenvalue weighted by Gasteiger charge is 2.38. The molecule has 1 rings (SSSR count). The number of aliphatic hydroxyl groups excluding tert-OH is 1. The number of carbonyl (C=O) groups excluding carboxylic acids is 1. The minimum absolute atomic E-state index is 0.0951. The zero-order valence-corrected chi connectivity index (χ0v) is 9.01. The second kappa shape index (κ2) is 5.44. The smallest absolute Gasteiger partial charge is 0.0883 e. The van der Waals surface area contributed by atoms with Gasteiger partial charge in [0.25, 0.3) is 0 Å². The van der Waals surface area contributed by atoms with Crippen LogP contribution in [0.5, 0.6) is 0 Å². The molecule has 4 atom stereocenters. The SMILES string of the molecule is COC1CC(C(=O)[O-])CC(CO)C1OC. The first-order valence-electron chi connectivity index (χ1n) is 5.01. The summed E-state index contributed by atoms with van der Waals surface area (Å²) in [4.78, 5) is 10.8. The van der Waals surface area contributed by atoms with Crippen molar-refractivity contribution in [2.45, 2.75) is 25.0 Å². The molecule has 1 fully saturated rings. The third kappa shape index (κ3) is 2.68. The van der Waals surface area contributed by atoms with Gasteiger partial charge in [-0.3, -0.25) is 0 Å². The maximum absolute atomic E-state index is 10.8. The lowest BCUT2D eigenvalue weighted by atomic mass is 9.78. The molecule has 4 unspecified atom stereocenters. The third-order valence-corrected chi connectivity index (χ3v) is 3.08. The molecule has 0 bridgehead atoms. The molecule has 1 saturated carbocycles. The number of rotatable bonds is 4. The molecular weight excluding hydrogens is 200 g/mol. The number of aliphatic hydroxyl groups is 1. The number of carboxylic acids is 1. The van der Waals surface area contributed by atoms with Crippen LogP contribution in [0.4, 0.5) is 0 Å². The fraction of sp³-hybridized carbons (Fsp3) is 0.900. The zero-order valence-electron chi connectivity index (χ0n) is 9.01. The number of carboxylic acid groups (broad SMARTS) is 1. The molecule has 0 radical (unpaired) electrons. The Morgan fingerprint density at radius 3 is 2.47 bits per heavy atom. The van der Waals surface area contributed by atoms with E-state index in [0.29, 0.717) is 12.8 Å². The number of aliphatic carboxylic acids is 1. The van der Waals surface area contributed by atoms with Crippen LogP contribution >= 0.6 is 0 Å². The number of hydrogen-bond donors (Lipinski definition) is 1. The van der Waals surface area contributed by atoms with Gasteiger partial charge in [-0.2, -0.15) is 0 Å². The van der Waals surface area contributed by atoms with E-state index in [9.17, 15) is 9.90 Å². The quantitative estimate of drug-likeness (QED) is 0.639. The molecule has 1 aliphatic rings. The summed E-state index contributed by atoms with van der Waals surface area (Å²) in [5.41, 5.74) is 0. The van der Waals surface area contributed by atoms with Crippen molar-refractivity contribution in [3.8, 4) is 0 Å². The maximum Gasteiger partial charge on any atom is 0.0883 e. The van der Waals surface area contributed by atoms with E-state index in [4.69, 9.17) is 14.6 Å². The van der Waals surface area contributed by atoms with Gasteiger partial charge in [-0.1, -0.05) is 0 Å². The summed E-state index contributed by atoms with van der Waals surface area (Å²) >= 11 is 0. The molecule has 0 aliphatic heterocycles. The minimum Gasteiger partial charge on any atom is -0.550 e. The average Bonchev–Trinajstić information content (AvgIpc) is 2.26. The Hall–Kier alpha value is -0.650. The van der Waals surface area contributed by atoms with E-state index < -0.39 is 11.9 Å². The van der Waals surface area contributed by atoms with Crippen LogP contribution in [0.25, 0.3) is 0 Å². The van der Waals surface area contributed by atoms with Crippen LogP contribution in [-0.4, -0.2) is 44.1 Å². The highest BCUT2D eigenvalue weighted by molar-refractivity contribution is 5.67. The summed E-state index contributed by atoms with van der Waals surface area (Å²) in [5.74, 6) is -1.83. The Bertz CT molecular complexity index is 204. The summed E-state index contributed by atoms with van der Waals surface area (Å²) in [6.45, 7) is -0.0951. The van der Waals surface area contributed by atoms with Gasteiger partial charge in [-0.25, -0.2) is 0 Å². The molecule has 0 spiro atoms. The van der Waals surface area contributed by atoms with Crippen molar-refractivity contribution in [1.82, 2.24) is 0 Å². The molecule has 88 valence electrons. The Kier molecular flexibility index (Phi) is 4.50. The lowest BCUT2D eigenvalue weighted by Gasteiger charge is -2.39. The Morgan fingerprint density at radius 2 is 2.07 bits per heavy atom. The topological polar surface area (TPSA) is 78.8 Å². The predicted molar refractivity (Wildman–Crippen MR) is 49.9 cm³/mol. The van der Waals surface area contributed by atoms with Gasteiger partial charge < -0.3 is 24.5 Å². The monoisotopic (exact) mass is 217 g/mol. The van der Waals surface area contributed by atoms with E-state index in [2.05, 4.69) is 0 Å². The molecule has 15 heavy (non-hydrogen) atoms. The lowest BCUT2D eigenvalue weighted by Crippen LogP contribution is -2.48. The van der Waals surface area contributed by atoms with Crippen molar-refractivity contribution in [2.75, 3.05) is 20.8 Å². The molecule has 0 saturated heterocycles. The largest absolute Gasteiger partial charge is 0.550 e. The van der Waals surface area contributed by atoms with Crippen LogP contribution in [0.2, 0.25) is 0 Å². The van der Waals surface area contributed by atoms with Crippen molar-refractivity contribution in [3.05, 3.63) is 0 Å². The molecule has 0 amide bonds. The summed E-state index contributed by atoms with van der Waals surface area (Å²) < 4.78 is 10.4. The van der Waals surface area contributed by atoms with E-state index >= 15 is 0 Å². The van der Waals surface area contributed by atoms with Gasteiger partial charge in [0.05, 0.1) is 12.2 Å². The van der Waals surface area contributed by atoms with Crippen molar-refractivity contribution >= 4 is 5.97 Å². The first-order valence-corrected chi connectivity index (χ1v) is 5.01. The first kappa shape index (κ1) is 12.4. The first-order chi connectivity index (χ1) is 7.13. The standard InChI is InChI=1S/C10H18O5/c1-14-8-4-6(10(12)13)3-7(5-11)9(8)15-2/h6-9,11H,3-5H2,1-2H3,(H,12,13)/p-1. The second-order valence-electron chi connectivity index (χ2n) is 3.90. The van der Waals surface area contributed by atoms with E-state index in [1.165, 1.54) is 7.11 Å². The molecule has 0 aromatic rings. The van der Waals surface area contributed by atoms with Gasteiger partial charge in [0.1, 0.15) is 0 Å². The molecule has 0 heterocycles. The van der Waals surface area contributed by atoms with Gasteiger partial charge >= 0.3 is 0 Å². The lowest BCUT2D eigenvalue weighted by molar-refractivity contribution is -0.314. The molecule has 5 nitrogen and oxygen atoms in total. The zero-order chi connectivity index (χ0) is 11.4. The molecule has 1 N–H and O–H groups in total. The van der Waals surface area contributed by atoms with Gasteiger partial charge in [0.2, 0.25) is 0 Å². The van der Waals surface area contributed by atoms with E-state index in [0.717, 1.165) is 0 Å². The van der Waals surface area contributed by atoms with Crippen molar-refractivity contribution in [1.29, 1.82) is 0 Å². The van der Waals surface area contributed by atoms with Gasteiger partial charge in [-0.15, -0.1) is 0 Å². The second-order valence-corrected chi connectivity index (χ2v) is 3.90. The molecule has 0 aromatic heterocycles. The Morgan fingerprint density at radius 1 is 1.40 bits per heavy atom. The highest BCUT2D eigenvalue weighted by atomic mass is 16.5. The summed E-state index contributed by atoms with van der Waals surface area (Å²) in [6, 6.07) is 0. The normalized spacial score (nSPS) is 36.5. The summed E-state index contributed by atoms with van der Waals surface area (Å²) in [6.07, 6.45) is 0.241. The van der Waals surface area contributed by atoms with Crippen LogP contribution in [0, 0.1) is 11.8 Å². The van der Waals surface area contributed by atoms with Crippen LogP contribution in [-0.2, 0) is 14.3 Å². The van der Waals surface area contributed by atoms with Gasteiger partial charge in [-0.05, 0) is 12.8 Å². The van der Waals surface area contributed by atoms with Crippen LogP contribution in [0.15, 0.2) is 0 Å². The average molecular weight is 217 g/mol. The van der Waals surface area contributed by atoms with Crippen LogP contribution in [0.1, 0.15) is 12.8 Å². The van der Waals surface area contributed by atoms with Crippen molar-refractivity contribution in [3.63, 3.8) is 0 Å². The molecule has 5 heteroatoms. The number of methoxy groups -OCH3 is 2. The fourth-order valence-corrected chi connectivity index (χ4v) is 2.26. The van der Waals surface area contributed by atoms with Gasteiger partial charge in [0, 0.05) is 38.6 Å².